The van der Waals surface area contributed by atoms with Gasteiger partial charge in [0, 0.05) is 43.7 Å². The SMILES string of the molecule is CCC1(N)CN(Cc2ccc3c(c2)CN(C2CCC(=O)NC2=O)C3=O)C1. The summed E-state index contributed by atoms with van der Waals surface area (Å²) in [5.41, 5.74) is 8.92. The second kappa shape index (κ2) is 6.17. The van der Waals surface area contributed by atoms with Gasteiger partial charge in [-0.25, -0.2) is 0 Å². The van der Waals surface area contributed by atoms with Crippen LogP contribution >= 0.6 is 0 Å². The van der Waals surface area contributed by atoms with Gasteiger partial charge in [-0.05, 0) is 30.0 Å². The fourth-order valence-electron chi connectivity index (χ4n) is 4.16. The van der Waals surface area contributed by atoms with E-state index in [4.69, 9.17) is 5.73 Å². The van der Waals surface area contributed by atoms with Gasteiger partial charge in [-0.2, -0.15) is 0 Å². The zero-order valence-corrected chi connectivity index (χ0v) is 15.0. The third kappa shape index (κ3) is 2.91. The lowest BCUT2D eigenvalue weighted by Gasteiger charge is -2.47. The van der Waals surface area contributed by atoms with Crippen LogP contribution in [0.5, 0.6) is 0 Å². The van der Waals surface area contributed by atoms with E-state index in [1.54, 1.807) is 4.90 Å². The highest BCUT2D eigenvalue weighted by Gasteiger charge is 2.40. The molecule has 138 valence electrons. The number of nitrogens with two attached hydrogens (primary N) is 1. The molecule has 1 aromatic rings. The molecule has 3 amide bonds. The van der Waals surface area contributed by atoms with Gasteiger partial charge < -0.3 is 10.6 Å². The van der Waals surface area contributed by atoms with Crippen molar-refractivity contribution in [1.29, 1.82) is 0 Å². The van der Waals surface area contributed by atoms with E-state index in [0.29, 0.717) is 18.5 Å². The van der Waals surface area contributed by atoms with Gasteiger partial charge in [0.25, 0.3) is 5.91 Å². The molecule has 0 aromatic heterocycles. The lowest BCUT2D eigenvalue weighted by atomic mass is 9.88. The number of hydrogen-bond donors (Lipinski definition) is 2. The minimum Gasteiger partial charge on any atom is -0.323 e. The molecular formula is C19H24N4O3. The summed E-state index contributed by atoms with van der Waals surface area (Å²) in [7, 11) is 0. The number of hydrogen-bond acceptors (Lipinski definition) is 5. The second-order valence-electron chi connectivity index (χ2n) is 7.75. The Bertz CT molecular complexity index is 785. The van der Waals surface area contributed by atoms with Crippen molar-refractivity contribution >= 4 is 17.7 Å². The lowest BCUT2D eigenvalue weighted by Crippen LogP contribution is -2.66. The Morgan fingerprint density at radius 1 is 1.27 bits per heavy atom. The molecule has 4 rings (SSSR count). The molecule has 3 aliphatic heterocycles. The number of nitrogens with one attached hydrogen (secondary N) is 1. The molecule has 0 radical (unpaired) electrons. The van der Waals surface area contributed by atoms with Crippen molar-refractivity contribution in [3.8, 4) is 0 Å². The summed E-state index contributed by atoms with van der Waals surface area (Å²) < 4.78 is 0. The molecule has 1 aromatic carbocycles. The first-order valence-electron chi connectivity index (χ1n) is 9.16. The summed E-state index contributed by atoms with van der Waals surface area (Å²) in [5, 5.41) is 2.33. The van der Waals surface area contributed by atoms with Crippen LogP contribution in [0.15, 0.2) is 18.2 Å². The average molecular weight is 356 g/mol. The first-order chi connectivity index (χ1) is 12.4. The summed E-state index contributed by atoms with van der Waals surface area (Å²) >= 11 is 0. The van der Waals surface area contributed by atoms with Crippen molar-refractivity contribution in [3.63, 3.8) is 0 Å². The molecule has 0 aliphatic carbocycles. The van der Waals surface area contributed by atoms with Gasteiger partial charge in [0.1, 0.15) is 6.04 Å². The number of benzene rings is 1. The minimum atomic E-state index is -0.561. The average Bonchev–Trinajstić information content (AvgIpc) is 2.89. The molecule has 7 heteroatoms. The Balaban J connectivity index is 1.45. The third-order valence-electron chi connectivity index (χ3n) is 5.78. The van der Waals surface area contributed by atoms with Crippen LogP contribution in [0.4, 0.5) is 0 Å². The molecule has 0 saturated carbocycles. The van der Waals surface area contributed by atoms with Crippen molar-refractivity contribution in [1.82, 2.24) is 15.1 Å². The highest BCUT2D eigenvalue weighted by molar-refractivity contribution is 6.05. The lowest BCUT2D eigenvalue weighted by molar-refractivity contribution is -0.136. The first-order valence-corrected chi connectivity index (χ1v) is 9.16. The van der Waals surface area contributed by atoms with Crippen LogP contribution in [-0.4, -0.2) is 52.2 Å². The number of nitrogens with zero attached hydrogens (tertiary/aromatic N) is 2. The molecule has 2 fully saturated rings. The summed E-state index contributed by atoms with van der Waals surface area (Å²) in [6.07, 6.45) is 1.64. The normalized spacial score (nSPS) is 25.1. The van der Waals surface area contributed by atoms with Crippen molar-refractivity contribution in [2.75, 3.05) is 13.1 Å². The maximum Gasteiger partial charge on any atom is 0.255 e. The van der Waals surface area contributed by atoms with Gasteiger partial charge >= 0.3 is 0 Å². The fourth-order valence-corrected chi connectivity index (χ4v) is 4.16. The minimum absolute atomic E-state index is 0.0602. The van der Waals surface area contributed by atoms with E-state index < -0.39 is 6.04 Å². The molecular weight excluding hydrogens is 332 g/mol. The van der Waals surface area contributed by atoms with Crippen molar-refractivity contribution in [2.24, 2.45) is 5.73 Å². The summed E-state index contributed by atoms with van der Waals surface area (Å²) in [4.78, 5) is 40.0. The number of amides is 3. The molecule has 3 aliphatic rings. The monoisotopic (exact) mass is 356 g/mol. The van der Waals surface area contributed by atoms with E-state index in [2.05, 4.69) is 23.2 Å². The van der Waals surface area contributed by atoms with Crippen LogP contribution < -0.4 is 11.1 Å². The Morgan fingerprint density at radius 2 is 2.04 bits per heavy atom. The van der Waals surface area contributed by atoms with E-state index in [-0.39, 0.29) is 29.7 Å². The van der Waals surface area contributed by atoms with Crippen LogP contribution in [0.1, 0.15) is 47.7 Å². The van der Waals surface area contributed by atoms with Crippen LogP contribution in [0.2, 0.25) is 0 Å². The van der Waals surface area contributed by atoms with Crippen LogP contribution in [0.3, 0.4) is 0 Å². The smallest absolute Gasteiger partial charge is 0.255 e. The van der Waals surface area contributed by atoms with E-state index >= 15 is 0 Å². The fraction of sp³-hybridized carbons (Fsp3) is 0.526. The zero-order valence-electron chi connectivity index (χ0n) is 15.0. The van der Waals surface area contributed by atoms with E-state index in [1.165, 1.54) is 0 Å². The maximum absolute atomic E-state index is 12.7. The summed E-state index contributed by atoms with van der Waals surface area (Å²) in [6, 6.07) is 5.33. The summed E-state index contributed by atoms with van der Waals surface area (Å²) in [5.74, 6) is -0.769. The molecule has 0 spiro atoms. The van der Waals surface area contributed by atoms with Gasteiger partial charge in [-0.3, -0.25) is 24.6 Å². The van der Waals surface area contributed by atoms with Crippen LogP contribution in [0.25, 0.3) is 0 Å². The van der Waals surface area contributed by atoms with Crippen LogP contribution in [-0.2, 0) is 22.7 Å². The van der Waals surface area contributed by atoms with Gasteiger partial charge in [-0.1, -0.05) is 19.1 Å². The molecule has 0 bridgehead atoms. The number of imide groups is 1. The molecule has 2 saturated heterocycles. The van der Waals surface area contributed by atoms with E-state index in [1.807, 2.05) is 12.1 Å². The third-order valence-corrected chi connectivity index (χ3v) is 5.78. The first kappa shape index (κ1) is 17.2. The molecule has 3 heterocycles. The number of piperidine rings is 1. The topological polar surface area (TPSA) is 95.7 Å². The van der Waals surface area contributed by atoms with Crippen molar-refractivity contribution in [3.05, 3.63) is 34.9 Å². The Labute approximate surface area is 152 Å². The van der Waals surface area contributed by atoms with Gasteiger partial charge in [0.2, 0.25) is 11.8 Å². The number of fused-ring (bicyclic) bond motifs is 1. The van der Waals surface area contributed by atoms with Crippen LogP contribution in [0, 0.1) is 0 Å². The largest absolute Gasteiger partial charge is 0.323 e. The highest BCUT2D eigenvalue weighted by Crippen LogP contribution is 2.29. The van der Waals surface area contributed by atoms with Gasteiger partial charge in [0.15, 0.2) is 0 Å². The second-order valence-corrected chi connectivity index (χ2v) is 7.75. The Hall–Kier alpha value is -2.25. The molecule has 3 N–H and O–H groups in total. The zero-order chi connectivity index (χ0) is 18.5. The Kier molecular flexibility index (Phi) is 4.08. The van der Waals surface area contributed by atoms with E-state index in [9.17, 15) is 14.4 Å². The predicted molar refractivity (Wildman–Crippen MR) is 95.0 cm³/mol. The molecule has 1 atom stereocenters. The predicted octanol–water partition coefficient (Wildman–Crippen LogP) is 0.371. The molecule has 1 unspecified atom stereocenters. The molecule has 7 nitrogen and oxygen atoms in total. The number of carbonyl (C=O) groups is 3. The highest BCUT2D eigenvalue weighted by atomic mass is 16.2. The number of rotatable bonds is 4. The number of carbonyl (C=O) groups excluding carboxylic acids is 3. The standard InChI is InChI=1S/C19H24N4O3/c1-2-19(20)10-22(11-19)8-12-3-4-14-13(7-12)9-23(18(14)26)15-5-6-16(24)21-17(15)25/h3-4,7,15H,2,5-6,8-11,20H2,1H3,(H,21,24,25). The quantitative estimate of drug-likeness (QED) is 0.760. The van der Waals surface area contributed by atoms with Gasteiger partial charge in [0.05, 0.1) is 0 Å². The summed E-state index contributed by atoms with van der Waals surface area (Å²) in [6.45, 7) is 5.13. The van der Waals surface area contributed by atoms with Gasteiger partial charge in [-0.15, -0.1) is 0 Å². The Morgan fingerprint density at radius 3 is 2.73 bits per heavy atom. The van der Waals surface area contributed by atoms with E-state index in [0.717, 1.165) is 37.2 Å². The maximum atomic E-state index is 12.7. The molecule has 26 heavy (non-hydrogen) atoms. The van der Waals surface area contributed by atoms with Crippen molar-refractivity contribution in [2.45, 2.75) is 50.9 Å². The van der Waals surface area contributed by atoms with Crippen molar-refractivity contribution < 1.29 is 14.4 Å². The number of likely N-dealkylation sites (tertiary alicyclic amines) is 1.